The first-order valence-corrected chi connectivity index (χ1v) is 8.61. The van der Waals surface area contributed by atoms with Gasteiger partial charge in [-0.3, -0.25) is 14.9 Å². The number of nitrogens with one attached hydrogen (secondary N) is 1. The minimum Gasteiger partial charge on any atom is -0.462 e. The number of ether oxygens (including phenoxy) is 1. The van der Waals surface area contributed by atoms with Crippen molar-refractivity contribution in [2.45, 2.75) is 47.0 Å². The lowest BCUT2D eigenvalue weighted by Crippen LogP contribution is -2.25. The number of furan rings is 1. The molecule has 0 aliphatic carbocycles. The van der Waals surface area contributed by atoms with Gasteiger partial charge in [-0.2, -0.15) is 0 Å². The molecule has 0 aliphatic rings. The Balaban J connectivity index is 2.87. The molecule has 0 bridgehead atoms. The second-order valence-corrected chi connectivity index (χ2v) is 5.97. The monoisotopic (exact) mass is 352 g/mol. The van der Waals surface area contributed by atoms with E-state index in [0.29, 0.717) is 6.54 Å². The molecule has 1 aromatic heterocycles. The highest BCUT2D eigenvalue weighted by molar-refractivity contribution is 6.10. The Morgan fingerprint density at radius 3 is 2.40 bits per heavy atom. The van der Waals surface area contributed by atoms with Crippen LogP contribution in [0.25, 0.3) is 0 Å². The zero-order valence-electron chi connectivity index (χ0n) is 15.7. The van der Waals surface area contributed by atoms with E-state index in [1.807, 2.05) is 7.05 Å². The van der Waals surface area contributed by atoms with E-state index < -0.39 is 5.97 Å². The Kier molecular flexibility index (Phi) is 8.34. The highest BCUT2D eigenvalue weighted by Crippen LogP contribution is 2.28. The maximum Gasteiger partial charge on any atom is 0.344 e. The maximum atomic E-state index is 12.2. The SMILES string of the molecule is CCCCN(C)CCC(=O)Nc1oc(C)c(C(C)=O)c1C(=O)OCC. The fourth-order valence-electron chi connectivity index (χ4n) is 2.48. The summed E-state index contributed by atoms with van der Waals surface area (Å²) in [4.78, 5) is 38.3. The van der Waals surface area contributed by atoms with Gasteiger partial charge in [0.05, 0.1) is 12.2 Å². The van der Waals surface area contributed by atoms with Crippen molar-refractivity contribution in [3.05, 3.63) is 16.9 Å². The summed E-state index contributed by atoms with van der Waals surface area (Å²) in [5.41, 5.74) is 0.133. The quantitative estimate of drug-likeness (QED) is 0.514. The zero-order valence-corrected chi connectivity index (χ0v) is 15.7. The zero-order chi connectivity index (χ0) is 19.0. The van der Waals surface area contributed by atoms with Crippen molar-refractivity contribution < 1.29 is 23.5 Å². The van der Waals surface area contributed by atoms with Crippen LogP contribution in [0.2, 0.25) is 0 Å². The topological polar surface area (TPSA) is 88.9 Å². The van der Waals surface area contributed by atoms with Crippen LogP contribution in [-0.2, 0) is 9.53 Å². The van der Waals surface area contributed by atoms with Gasteiger partial charge in [0.25, 0.3) is 0 Å². The van der Waals surface area contributed by atoms with Gasteiger partial charge in [-0.25, -0.2) is 4.79 Å². The average Bonchev–Trinajstić information content (AvgIpc) is 2.87. The van der Waals surface area contributed by atoms with Gasteiger partial charge in [0.15, 0.2) is 5.78 Å². The predicted octanol–water partition coefficient (Wildman–Crippen LogP) is 3.03. The highest BCUT2D eigenvalue weighted by atomic mass is 16.5. The molecule has 1 rings (SSSR count). The molecule has 1 heterocycles. The maximum absolute atomic E-state index is 12.2. The van der Waals surface area contributed by atoms with Crippen LogP contribution in [0.5, 0.6) is 0 Å². The van der Waals surface area contributed by atoms with Crippen molar-refractivity contribution in [3.8, 4) is 0 Å². The van der Waals surface area contributed by atoms with Crippen molar-refractivity contribution in [2.75, 3.05) is 32.1 Å². The third-order valence-corrected chi connectivity index (χ3v) is 3.78. The first-order chi connectivity index (χ1) is 11.8. The van der Waals surface area contributed by atoms with Crippen LogP contribution in [-0.4, -0.2) is 49.3 Å². The van der Waals surface area contributed by atoms with Crippen molar-refractivity contribution in [2.24, 2.45) is 0 Å². The van der Waals surface area contributed by atoms with Crippen LogP contribution in [0.1, 0.15) is 66.5 Å². The first kappa shape index (κ1) is 20.9. The van der Waals surface area contributed by atoms with Crippen LogP contribution in [0, 0.1) is 6.92 Å². The van der Waals surface area contributed by atoms with E-state index in [9.17, 15) is 14.4 Å². The lowest BCUT2D eigenvalue weighted by Gasteiger charge is -2.15. The lowest BCUT2D eigenvalue weighted by atomic mass is 10.1. The predicted molar refractivity (Wildman–Crippen MR) is 95.1 cm³/mol. The normalized spacial score (nSPS) is 10.8. The molecule has 0 radical (unpaired) electrons. The van der Waals surface area contributed by atoms with Gasteiger partial charge in [-0.15, -0.1) is 0 Å². The van der Waals surface area contributed by atoms with Gasteiger partial charge in [-0.05, 0) is 40.8 Å². The third kappa shape index (κ3) is 6.01. The smallest absolute Gasteiger partial charge is 0.344 e. The first-order valence-electron chi connectivity index (χ1n) is 8.61. The molecule has 0 spiro atoms. The molecule has 0 saturated carbocycles. The minimum absolute atomic E-state index is 0.0143. The van der Waals surface area contributed by atoms with Crippen molar-refractivity contribution >= 4 is 23.5 Å². The summed E-state index contributed by atoms with van der Waals surface area (Å²) >= 11 is 0. The van der Waals surface area contributed by atoms with Crippen molar-refractivity contribution in [3.63, 3.8) is 0 Å². The Hall–Kier alpha value is -2.15. The molecule has 140 valence electrons. The number of hydrogen-bond donors (Lipinski definition) is 1. The Morgan fingerprint density at radius 2 is 1.84 bits per heavy atom. The van der Waals surface area contributed by atoms with E-state index in [2.05, 4.69) is 17.1 Å². The number of hydrogen-bond acceptors (Lipinski definition) is 6. The third-order valence-electron chi connectivity index (χ3n) is 3.78. The van der Waals surface area contributed by atoms with E-state index >= 15 is 0 Å². The standard InChI is InChI=1S/C18H28N2O5/c1-6-8-10-20(5)11-9-14(22)19-17-16(18(23)24-7-2)15(12(3)21)13(4)25-17/h6-11H2,1-5H3,(H,19,22). The molecule has 25 heavy (non-hydrogen) atoms. The molecule has 0 unspecified atom stereocenters. The number of carbonyl (C=O) groups is 3. The number of anilines is 1. The van der Waals surface area contributed by atoms with Gasteiger partial charge < -0.3 is 14.1 Å². The molecule has 0 saturated heterocycles. The summed E-state index contributed by atoms with van der Waals surface area (Å²) in [5.74, 6) is -1.02. The number of Topliss-reactive ketones (excluding diaryl/α,β-unsaturated/α-hetero) is 1. The van der Waals surface area contributed by atoms with Crippen LogP contribution < -0.4 is 5.32 Å². The van der Waals surface area contributed by atoms with E-state index in [1.165, 1.54) is 6.92 Å². The van der Waals surface area contributed by atoms with Gasteiger partial charge >= 0.3 is 5.97 Å². The Bertz CT molecular complexity index is 621. The molecular formula is C18H28N2O5. The molecular weight excluding hydrogens is 324 g/mol. The number of unbranched alkanes of at least 4 members (excludes halogenated alkanes) is 1. The van der Waals surface area contributed by atoms with Gasteiger partial charge in [0.2, 0.25) is 11.8 Å². The minimum atomic E-state index is -0.681. The number of aryl methyl sites for hydroxylation is 1. The van der Waals surface area contributed by atoms with Crippen LogP contribution in [0.3, 0.4) is 0 Å². The van der Waals surface area contributed by atoms with Crippen molar-refractivity contribution in [1.82, 2.24) is 4.90 Å². The molecule has 1 amide bonds. The largest absolute Gasteiger partial charge is 0.462 e. The second-order valence-electron chi connectivity index (χ2n) is 5.97. The summed E-state index contributed by atoms with van der Waals surface area (Å²) in [7, 11) is 1.96. The molecule has 0 aromatic carbocycles. The molecule has 7 nitrogen and oxygen atoms in total. The number of amides is 1. The summed E-state index contributed by atoms with van der Waals surface area (Å²) in [6.45, 7) is 8.39. The average molecular weight is 352 g/mol. The van der Waals surface area contributed by atoms with Crippen LogP contribution in [0.4, 0.5) is 5.88 Å². The molecule has 1 aromatic rings. The molecule has 1 N–H and O–H groups in total. The summed E-state index contributed by atoms with van der Waals surface area (Å²) in [6.07, 6.45) is 2.43. The lowest BCUT2D eigenvalue weighted by molar-refractivity contribution is -0.116. The molecule has 0 atom stereocenters. The summed E-state index contributed by atoms with van der Waals surface area (Å²) in [5, 5.41) is 2.59. The Morgan fingerprint density at radius 1 is 1.16 bits per heavy atom. The van der Waals surface area contributed by atoms with Gasteiger partial charge in [0.1, 0.15) is 11.3 Å². The fourth-order valence-corrected chi connectivity index (χ4v) is 2.48. The highest BCUT2D eigenvalue weighted by Gasteiger charge is 2.28. The summed E-state index contributed by atoms with van der Waals surface area (Å²) < 4.78 is 10.4. The van der Waals surface area contributed by atoms with Crippen LogP contribution >= 0.6 is 0 Å². The molecule has 0 aliphatic heterocycles. The molecule has 7 heteroatoms. The molecule has 0 fully saturated rings. The number of nitrogens with zero attached hydrogens (tertiary/aromatic N) is 1. The Labute approximate surface area is 148 Å². The fraction of sp³-hybridized carbons (Fsp3) is 0.611. The van der Waals surface area contributed by atoms with Gasteiger partial charge in [0, 0.05) is 13.0 Å². The number of esters is 1. The van der Waals surface area contributed by atoms with E-state index in [4.69, 9.17) is 9.15 Å². The number of ketones is 1. The van der Waals surface area contributed by atoms with E-state index in [1.54, 1.807) is 13.8 Å². The van der Waals surface area contributed by atoms with E-state index in [0.717, 1.165) is 19.4 Å². The number of rotatable bonds is 10. The second kappa shape index (κ2) is 9.98. The number of carbonyl (C=O) groups excluding carboxylic acids is 3. The van der Waals surface area contributed by atoms with E-state index in [-0.39, 0.29) is 47.5 Å². The van der Waals surface area contributed by atoms with Crippen molar-refractivity contribution in [1.29, 1.82) is 0 Å². The van der Waals surface area contributed by atoms with Crippen LogP contribution in [0.15, 0.2) is 4.42 Å². The van der Waals surface area contributed by atoms with Gasteiger partial charge in [-0.1, -0.05) is 13.3 Å². The summed E-state index contributed by atoms with van der Waals surface area (Å²) in [6, 6.07) is 0.